The Labute approximate surface area is 106 Å². The van der Waals surface area contributed by atoms with Crippen molar-refractivity contribution in [2.24, 2.45) is 0 Å². The zero-order valence-electron chi connectivity index (χ0n) is 10.1. The van der Waals surface area contributed by atoms with Gasteiger partial charge in [0.05, 0.1) is 12.6 Å². The number of hydrogen-bond acceptors (Lipinski definition) is 2. The Bertz CT molecular complexity index is 442. The van der Waals surface area contributed by atoms with Crippen molar-refractivity contribution in [3.05, 3.63) is 41.7 Å². The molecule has 0 radical (unpaired) electrons. The number of likely N-dealkylation sites (tertiary alicyclic amines) is 1. The summed E-state index contributed by atoms with van der Waals surface area (Å²) in [6.07, 6.45) is 4.92. The Balaban J connectivity index is 2.00. The molecule has 2 rings (SSSR count). The van der Waals surface area contributed by atoms with E-state index in [0.29, 0.717) is 6.54 Å². The Kier molecular flexibility index (Phi) is 4.10. The summed E-state index contributed by atoms with van der Waals surface area (Å²) in [6.45, 7) is 0.702. The van der Waals surface area contributed by atoms with Crippen LogP contribution >= 0.6 is 0 Å². The molecule has 96 valence electrons. The van der Waals surface area contributed by atoms with Crippen molar-refractivity contribution in [2.45, 2.75) is 18.9 Å². The van der Waals surface area contributed by atoms with Gasteiger partial charge in [0.1, 0.15) is 5.82 Å². The number of aliphatic hydroxyl groups excluding tert-OH is 1. The van der Waals surface area contributed by atoms with Crippen LogP contribution in [0.15, 0.2) is 30.3 Å². The van der Waals surface area contributed by atoms with Crippen molar-refractivity contribution in [1.29, 1.82) is 0 Å². The van der Waals surface area contributed by atoms with Gasteiger partial charge in [0.2, 0.25) is 5.91 Å². The summed E-state index contributed by atoms with van der Waals surface area (Å²) in [6, 6.07) is 5.89. The van der Waals surface area contributed by atoms with E-state index in [1.54, 1.807) is 23.1 Å². The highest BCUT2D eigenvalue weighted by atomic mass is 19.1. The Morgan fingerprint density at radius 3 is 2.83 bits per heavy atom. The third-order valence-electron chi connectivity index (χ3n) is 3.16. The zero-order chi connectivity index (χ0) is 13.0. The molecule has 1 aromatic carbocycles. The predicted octanol–water partition coefficient (Wildman–Crippen LogP) is 1.82. The van der Waals surface area contributed by atoms with E-state index in [1.165, 1.54) is 18.2 Å². The first-order valence-corrected chi connectivity index (χ1v) is 6.06. The Morgan fingerprint density at radius 2 is 2.17 bits per heavy atom. The lowest BCUT2D eigenvalue weighted by Gasteiger charge is -2.21. The molecule has 0 bridgehead atoms. The first-order chi connectivity index (χ1) is 8.70. The molecule has 1 N–H and O–H groups in total. The number of aliphatic hydroxyl groups is 1. The fourth-order valence-electron chi connectivity index (χ4n) is 2.15. The quantitative estimate of drug-likeness (QED) is 0.830. The van der Waals surface area contributed by atoms with E-state index in [2.05, 4.69) is 0 Å². The van der Waals surface area contributed by atoms with Crippen LogP contribution in [0.25, 0.3) is 6.08 Å². The lowest BCUT2D eigenvalue weighted by atomic mass is 10.2. The van der Waals surface area contributed by atoms with E-state index in [1.807, 2.05) is 0 Å². The highest BCUT2D eigenvalue weighted by Gasteiger charge is 2.26. The molecule has 4 heteroatoms. The highest BCUT2D eigenvalue weighted by molar-refractivity contribution is 5.92. The minimum atomic E-state index is -0.293. The molecule has 0 spiro atoms. The number of rotatable bonds is 3. The van der Waals surface area contributed by atoms with Gasteiger partial charge in [-0.3, -0.25) is 4.79 Å². The standard InChI is InChI=1S/C14H16FNO2/c15-12-6-3-11(4-7-12)5-8-14(18)16-9-1-2-13(16)10-17/h3-8,13,17H,1-2,9-10H2/t13-/m0/s1. The molecule has 0 saturated carbocycles. The summed E-state index contributed by atoms with van der Waals surface area (Å²) in [5.41, 5.74) is 0.782. The number of carbonyl (C=O) groups excluding carboxylic acids is 1. The van der Waals surface area contributed by atoms with Gasteiger partial charge in [-0.2, -0.15) is 0 Å². The molecular formula is C14H16FNO2. The smallest absolute Gasteiger partial charge is 0.246 e. The normalized spacial score (nSPS) is 19.7. The lowest BCUT2D eigenvalue weighted by molar-refractivity contribution is -0.127. The molecule has 0 aliphatic carbocycles. The molecule has 1 atom stereocenters. The number of nitrogens with zero attached hydrogens (tertiary/aromatic N) is 1. The fraction of sp³-hybridized carbons (Fsp3) is 0.357. The third-order valence-corrected chi connectivity index (χ3v) is 3.16. The van der Waals surface area contributed by atoms with E-state index in [9.17, 15) is 9.18 Å². The lowest BCUT2D eigenvalue weighted by Crippen LogP contribution is -2.36. The van der Waals surface area contributed by atoms with Crippen LogP contribution in [0.1, 0.15) is 18.4 Å². The van der Waals surface area contributed by atoms with E-state index in [4.69, 9.17) is 5.11 Å². The number of halogens is 1. The minimum Gasteiger partial charge on any atom is -0.394 e. The van der Waals surface area contributed by atoms with Gasteiger partial charge < -0.3 is 10.0 Å². The molecule has 0 aromatic heterocycles. The summed E-state index contributed by atoms with van der Waals surface area (Å²) in [5.74, 6) is -0.394. The van der Waals surface area contributed by atoms with Gasteiger partial charge in [-0.25, -0.2) is 4.39 Å². The molecule has 1 heterocycles. The van der Waals surface area contributed by atoms with Crippen molar-refractivity contribution < 1.29 is 14.3 Å². The van der Waals surface area contributed by atoms with Crippen molar-refractivity contribution in [2.75, 3.05) is 13.2 Å². The maximum Gasteiger partial charge on any atom is 0.246 e. The summed E-state index contributed by atoms with van der Waals surface area (Å²) in [4.78, 5) is 13.6. The van der Waals surface area contributed by atoms with Crippen LogP contribution in [0, 0.1) is 5.82 Å². The topological polar surface area (TPSA) is 40.5 Å². The molecule has 1 aromatic rings. The van der Waals surface area contributed by atoms with E-state index >= 15 is 0 Å². The van der Waals surface area contributed by atoms with Crippen LogP contribution < -0.4 is 0 Å². The van der Waals surface area contributed by atoms with Gasteiger partial charge in [0.15, 0.2) is 0 Å². The first-order valence-electron chi connectivity index (χ1n) is 6.06. The fourth-order valence-corrected chi connectivity index (χ4v) is 2.15. The second-order valence-electron chi connectivity index (χ2n) is 4.40. The average Bonchev–Trinajstić information content (AvgIpc) is 2.86. The zero-order valence-corrected chi connectivity index (χ0v) is 10.1. The summed E-state index contributed by atoms with van der Waals surface area (Å²) >= 11 is 0. The Morgan fingerprint density at radius 1 is 1.44 bits per heavy atom. The van der Waals surface area contributed by atoms with E-state index in [-0.39, 0.29) is 24.4 Å². The van der Waals surface area contributed by atoms with Gasteiger partial charge in [0, 0.05) is 12.6 Å². The Hall–Kier alpha value is -1.68. The first kappa shape index (κ1) is 12.8. The van der Waals surface area contributed by atoms with Crippen LogP contribution in [0.3, 0.4) is 0 Å². The van der Waals surface area contributed by atoms with Crippen LogP contribution in [0.2, 0.25) is 0 Å². The largest absolute Gasteiger partial charge is 0.394 e. The molecule has 1 aliphatic rings. The molecule has 1 amide bonds. The van der Waals surface area contributed by atoms with Gasteiger partial charge in [0.25, 0.3) is 0 Å². The number of benzene rings is 1. The summed E-state index contributed by atoms with van der Waals surface area (Å²) in [5, 5.41) is 9.14. The molecule has 1 fully saturated rings. The molecule has 1 aliphatic heterocycles. The van der Waals surface area contributed by atoms with Crippen LogP contribution in [0.4, 0.5) is 4.39 Å². The maximum absolute atomic E-state index is 12.7. The monoisotopic (exact) mass is 249 g/mol. The van der Waals surface area contributed by atoms with Crippen molar-refractivity contribution in [1.82, 2.24) is 4.90 Å². The average molecular weight is 249 g/mol. The van der Waals surface area contributed by atoms with E-state index < -0.39 is 0 Å². The molecule has 18 heavy (non-hydrogen) atoms. The van der Waals surface area contributed by atoms with Crippen molar-refractivity contribution in [3.8, 4) is 0 Å². The van der Waals surface area contributed by atoms with Crippen molar-refractivity contribution in [3.63, 3.8) is 0 Å². The number of carbonyl (C=O) groups is 1. The van der Waals surface area contributed by atoms with Crippen LogP contribution in [-0.2, 0) is 4.79 Å². The van der Waals surface area contributed by atoms with Crippen LogP contribution in [0.5, 0.6) is 0 Å². The maximum atomic E-state index is 12.7. The number of hydrogen-bond donors (Lipinski definition) is 1. The molecule has 0 unspecified atom stereocenters. The second-order valence-corrected chi connectivity index (χ2v) is 4.40. The highest BCUT2D eigenvalue weighted by Crippen LogP contribution is 2.17. The second kappa shape index (κ2) is 5.78. The third kappa shape index (κ3) is 2.96. The summed E-state index contributed by atoms with van der Waals surface area (Å²) < 4.78 is 12.7. The van der Waals surface area contributed by atoms with Gasteiger partial charge in [-0.05, 0) is 36.6 Å². The van der Waals surface area contributed by atoms with Gasteiger partial charge in [-0.1, -0.05) is 12.1 Å². The van der Waals surface area contributed by atoms with E-state index in [0.717, 1.165) is 18.4 Å². The van der Waals surface area contributed by atoms with Crippen molar-refractivity contribution >= 4 is 12.0 Å². The summed E-state index contributed by atoms with van der Waals surface area (Å²) in [7, 11) is 0. The number of amides is 1. The molecule has 3 nitrogen and oxygen atoms in total. The predicted molar refractivity (Wildman–Crippen MR) is 67.3 cm³/mol. The molecular weight excluding hydrogens is 233 g/mol. The molecule has 1 saturated heterocycles. The van der Waals surface area contributed by atoms with Crippen LogP contribution in [-0.4, -0.2) is 35.1 Å². The van der Waals surface area contributed by atoms with Gasteiger partial charge >= 0.3 is 0 Å². The van der Waals surface area contributed by atoms with Gasteiger partial charge in [-0.15, -0.1) is 0 Å². The SMILES string of the molecule is O=C(C=Cc1ccc(F)cc1)N1CCC[C@H]1CO. The minimum absolute atomic E-state index is 0.0100.